The molecular weight excluding hydrogens is 282 g/mol. The molecule has 1 amide bonds. The first-order chi connectivity index (χ1) is 10.8. The number of aromatic nitrogens is 1. The van der Waals surface area contributed by atoms with Crippen molar-refractivity contribution >= 4 is 22.7 Å². The van der Waals surface area contributed by atoms with Crippen molar-refractivity contribution in [3.8, 4) is 0 Å². The Bertz CT molecular complexity index is 660. The molecule has 0 fully saturated rings. The second-order valence-corrected chi connectivity index (χ2v) is 5.28. The van der Waals surface area contributed by atoms with E-state index in [2.05, 4.69) is 15.5 Å². The highest BCUT2D eigenvalue weighted by Crippen LogP contribution is 2.15. The third-order valence-electron chi connectivity index (χ3n) is 3.64. The Hall–Kier alpha value is -2.37. The van der Waals surface area contributed by atoms with Crippen molar-refractivity contribution in [2.45, 2.75) is 38.7 Å². The van der Waals surface area contributed by atoms with Crippen molar-refractivity contribution in [3.63, 3.8) is 0 Å². The van der Waals surface area contributed by atoms with E-state index in [0.717, 1.165) is 29.7 Å². The van der Waals surface area contributed by atoms with Crippen LogP contribution in [0.2, 0.25) is 0 Å². The minimum Gasteiger partial charge on any atom is -0.441 e. The molecule has 0 saturated carbocycles. The summed E-state index contributed by atoms with van der Waals surface area (Å²) in [7, 11) is 0. The highest BCUT2D eigenvalue weighted by molar-refractivity contribution is 5.92. The fraction of sp³-hybridized carbons (Fsp3) is 0.438. The molecule has 116 valence electrons. The molecule has 22 heavy (non-hydrogen) atoms. The number of carbonyl (C=O) groups is 1. The lowest BCUT2D eigenvalue weighted by molar-refractivity contribution is -0.131. The molecule has 0 bridgehead atoms. The number of hydrogen-bond donors (Lipinski definition) is 1. The molecule has 0 saturated heterocycles. The van der Waals surface area contributed by atoms with Crippen molar-refractivity contribution in [1.82, 2.24) is 10.3 Å². The lowest BCUT2D eigenvalue weighted by atomic mass is 10.1. The van der Waals surface area contributed by atoms with Gasteiger partial charge in [-0.25, -0.2) is 4.98 Å². The average molecular weight is 301 g/mol. The molecule has 6 heteroatoms. The monoisotopic (exact) mass is 301 g/mol. The van der Waals surface area contributed by atoms with Gasteiger partial charge in [0.2, 0.25) is 6.10 Å². The number of fused-ring (bicyclic) bond motifs is 1. The standard InChI is InChI=1S/C16H19N3O3/c1-2-11-10-14(22-19-11)16(20)17-9-5-8-15-18-12-6-3-4-7-13(12)21-15/h3-4,6-7,14H,2,5,8-10H2,1H3,(H,17,20)/t14-/m0/s1. The summed E-state index contributed by atoms with van der Waals surface area (Å²) in [5.41, 5.74) is 2.60. The van der Waals surface area contributed by atoms with Gasteiger partial charge in [0.25, 0.3) is 5.91 Å². The van der Waals surface area contributed by atoms with Gasteiger partial charge in [-0.05, 0) is 25.0 Å². The van der Waals surface area contributed by atoms with Crippen molar-refractivity contribution in [2.75, 3.05) is 6.54 Å². The van der Waals surface area contributed by atoms with E-state index in [1.807, 2.05) is 31.2 Å². The summed E-state index contributed by atoms with van der Waals surface area (Å²) in [4.78, 5) is 21.4. The van der Waals surface area contributed by atoms with Gasteiger partial charge in [0, 0.05) is 19.4 Å². The summed E-state index contributed by atoms with van der Waals surface area (Å²) in [6.45, 7) is 2.57. The van der Waals surface area contributed by atoms with Gasteiger partial charge in [0.1, 0.15) is 5.52 Å². The first-order valence-electron chi connectivity index (χ1n) is 7.60. The number of rotatable bonds is 6. The molecule has 1 aliphatic rings. The number of amides is 1. The number of para-hydroxylation sites is 2. The lowest BCUT2D eigenvalue weighted by Crippen LogP contribution is -2.35. The van der Waals surface area contributed by atoms with Crippen LogP contribution in [0.25, 0.3) is 11.1 Å². The Kier molecular flexibility index (Phi) is 4.37. The van der Waals surface area contributed by atoms with E-state index < -0.39 is 6.10 Å². The smallest absolute Gasteiger partial charge is 0.264 e. The van der Waals surface area contributed by atoms with Crippen LogP contribution in [0.1, 0.15) is 32.1 Å². The third kappa shape index (κ3) is 3.27. The molecule has 1 N–H and O–H groups in total. The van der Waals surface area contributed by atoms with Gasteiger partial charge in [0.05, 0.1) is 5.71 Å². The summed E-state index contributed by atoms with van der Waals surface area (Å²) in [6, 6.07) is 7.68. The Labute approximate surface area is 128 Å². The number of benzene rings is 1. The van der Waals surface area contributed by atoms with Crippen LogP contribution >= 0.6 is 0 Å². The molecule has 1 aromatic carbocycles. The maximum atomic E-state index is 11.9. The molecule has 0 spiro atoms. The molecule has 0 radical (unpaired) electrons. The molecule has 3 rings (SSSR count). The van der Waals surface area contributed by atoms with Gasteiger partial charge >= 0.3 is 0 Å². The van der Waals surface area contributed by atoms with Crippen LogP contribution in [0.4, 0.5) is 0 Å². The summed E-state index contributed by atoms with van der Waals surface area (Å²) in [5.74, 6) is 0.592. The van der Waals surface area contributed by atoms with Crippen LogP contribution in [-0.4, -0.2) is 29.3 Å². The summed E-state index contributed by atoms with van der Waals surface area (Å²) < 4.78 is 5.64. The highest BCUT2D eigenvalue weighted by Gasteiger charge is 2.26. The maximum Gasteiger partial charge on any atom is 0.264 e. The summed E-state index contributed by atoms with van der Waals surface area (Å²) >= 11 is 0. The van der Waals surface area contributed by atoms with Crippen LogP contribution in [0.15, 0.2) is 33.8 Å². The van der Waals surface area contributed by atoms with Crippen molar-refractivity contribution in [2.24, 2.45) is 5.16 Å². The molecular formula is C16H19N3O3. The summed E-state index contributed by atoms with van der Waals surface area (Å²) in [5, 5.41) is 6.75. The Morgan fingerprint density at radius 2 is 2.27 bits per heavy atom. The number of carbonyl (C=O) groups excluding carboxylic acids is 1. The molecule has 1 aliphatic heterocycles. The number of aryl methyl sites for hydroxylation is 1. The first kappa shape index (κ1) is 14.6. The van der Waals surface area contributed by atoms with E-state index in [9.17, 15) is 4.79 Å². The molecule has 1 aromatic heterocycles. The second kappa shape index (κ2) is 6.60. The second-order valence-electron chi connectivity index (χ2n) is 5.28. The molecule has 1 atom stereocenters. The zero-order valence-electron chi connectivity index (χ0n) is 12.5. The molecule has 2 heterocycles. The third-order valence-corrected chi connectivity index (χ3v) is 3.64. The minimum absolute atomic E-state index is 0.107. The summed E-state index contributed by atoms with van der Waals surface area (Å²) in [6.07, 6.45) is 2.40. The first-order valence-corrected chi connectivity index (χ1v) is 7.60. The highest BCUT2D eigenvalue weighted by atomic mass is 16.6. The normalized spacial score (nSPS) is 17.3. The number of oxazole rings is 1. The van der Waals surface area contributed by atoms with Gasteiger partial charge in [-0.15, -0.1) is 0 Å². The molecule has 0 aliphatic carbocycles. The van der Waals surface area contributed by atoms with E-state index >= 15 is 0 Å². The maximum absolute atomic E-state index is 11.9. The van der Waals surface area contributed by atoms with Gasteiger partial charge < -0.3 is 14.6 Å². The number of nitrogens with zero attached hydrogens (tertiary/aromatic N) is 2. The number of oxime groups is 1. The van der Waals surface area contributed by atoms with E-state index in [1.54, 1.807) is 0 Å². The number of hydrogen-bond acceptors (Lipinski definition) is 5. The quantitative estimate of drug-likeness (QED) is 0.831. The van der Waals surface area contributed by atoms with Crippen LogP contribution in [0.5, 0.6) is 0 Å². The van der Waals surface area contributed by atoms with Gasteiger partial charge in [0.15, 0.2) is 11.5 Å². The fourth-order valence-corrected chi connectivity index (χ4v) is 2.37. The van der Waals surface area contributed by atoms with E-state index in [4.69, 9.17) is 9.25 Å². The Morgan fingerprint density at radius 3 is 3.05 bits per heavy atom. The van der Waals surface area contributed by atoms with Crippen molar-refractivity contribution in [1.29, 1.82) is 0 Å². The zero-order valence-corrected chi connectivity index (χ0v) is 12.5. The van der Waals surface area contributed by atoms with Crippen LogP contribution in [0.3, 0.4) is 0 Å². The molecule has 6 nitrogen and oxygen atoms in total. The van der Waals surface area contributed by atoms with Crippen LogP contribution in [0, 0.1) is 0 Å². The molecule has 0 unspecified atom stereocenters. The predicted molar refractivity (Wildman–Crippen MR) is 82.6 cm³/mol. The molecule has 2 aromatic rings. The Balaban J connectivity index is 1.41. The number of nitrogens with one attached hydrogen (secondary N) is 1. The van der Waals surface area contributed by atoms with Gasteiger partial charge in [-0.1, -0.05) is 24.2 Å². The largest absolute Gasteiger partial charge is 0.441 e. The topological polar surface area (TPSA) is 76.7 Å². The van der Waals surface area contributed by atoms with E-state index in [1.165, 1.54) is 0 Å². The zero-order chi connectivity index (χ0) is 15.4. The van der Waals surface area contributed by atoms with Gasteiger partial charge in [-0.2, -0.15) is 0 Å². The average Bonchev–Trinajstić information content (AvgIpc) is 3.17. The SMILES string of the molecule is CCC1=NO[C@H](C(=O)NCCCc2nc3ccccc3o2)C1. The van der Waals surface area contributed by atoms with E-state index in [-0.39, 0.29) is 5.91 Å². The van der Waals surface area contributed by atoms with Gasteiger partial charge in [-0.3, -0.25) is 4.79 Å². The fourth-order valence-electron chi connectivity index (χ4n) is 2.37. The van der Waals surface area contributed by atoms with Crippen molar-refractivity contribution < 1.29 is 14.0 Å². The predicted octanol–water partition coefficient (Wildman–Crippen LogP) is 2.43. The lowest BCUT2D eigenvalue weighted by Gasteiger charge is -2.08. The van der Waals surface area contributed by atoms with Crippen LogP contribution in [-0.2, 0) is 16.1 Å². The van der Waals surface area contributed by atoms with E-state index in [0.29, 0.717) is 25.3 Å². The van der Waals surface area contributed by atoms with Crippen molar-refractivity contribution in [3.05, 3.63) is 30.2 Å². The minimum atomic E-state index is -0.473. The van der Waals surface area contributed by atoms with Crippen LogP contribution < -0.4 is 5.32 Å². The Morgan fingerprint density at radius 1 is 1.41 bits per heavy atom.